The summed E-state index contributed by atoms with van der Waals surface area (Å²) in [5.74, 6) is 2.81. The number of nitrogens with zero attached hydrogens (tertiary/aromatic N) is 2. The van der Waals surface area contributed by atoms with Crippen LogP contribution in [0.5, 0.6) is 17.2 Å². The summed E-state index contributed by atoms with van der Waals surface area (Å²) in [6, 6.07) is 11.8. The van der Waals surface area contributed by atoms with E-state index < -0.39 is 0 Å². The Bertz CT molecular complexity index is 835. The molecule has 0 bridgehead atoms. The standard InChI is InChI=1S/C21H24N2O4/c1-24-19-9-8-17(20(25-2)21(19)26-3)14-23(15-18-7-5-11-27-18)13-16-6-4-10-22-12-16/h4-12H,13-15H2,1-3H3. The Balaban J connectivity index is 1.89. The van der Waals surface area contributed by atoms with Crippen LogP contribution in [0.4, 0.5) is 0 Å². The van der Waals surface area contributed by atoms with Gasteiger partial charge in [0.1, 0.15) is 5.76 Å². The summed E-state index contributed by atoms with van der Waals surface area (Å²) in [4.78, 5) is 6.48. The minimum Gasteiger partial charge on any atom is -0.493 e. The van der Waals surface area contributed by atoms with E-state index in [-0.39, 0.29) is 0 Å². The quantitative estimate of drug-likeness (QED) is 0.571. The molecule has 0 amide bonds. The van der Waals surface area contributed by atoms with E-state index in [1.54, 1.807) is 33.8 Å². The van der Waals surface area contributed by atoms with Crippen LogP contribution in [0.3, 0.4) is 0 Å². The molecule has 0 aliphatic rings. The van der Waals surface area contributed by atoms with Crippen molar-refractivity contribution in [3.8, 4) is 17.2 Å². The van der Waals surface area contributed by atoms with Crippen LogP contribution in [0.15, 0.2) is 59.5 Å². The lowest BCUT2D eigenvalue weighted by Gasteiger charge is -2.23. The Morgan fingerprint density at radius 1 is 0.889 bits per heavy atom. The maximum Gasteiger partial charge on any atom is 0.203 e. The van der Waals surface area contributed by atoms with Gasteiger partial charge in [-0.1, -0.05) is 12.1 Å². The molecule has 0 spiro atoms. The van der Waals surface area contributed by atoms with E-state index in [0.29, 0.717) is 30.3 Å². The molecular formula is C21H24N2O4. The number of methoxy groups -OCH3 is 3. The summed E-state index contributed by atoms with van der Waals surface area (Å²) in [6.07, 6.45) is 5.34. The van der Waals surface area contributed by atoms with Crippen molar-refractivity contribution in [1.29, 1.82) is 0 Å². The van der Waals surface area contributed by atoms with Gasteiger partial charge < -0.3 is 18.6 Å². The van der Waals surface area contributed by atoms with Crippen molar-refractivity contribution in [2.45, 2.75) is 19.6 Å². The molecule has 6 nitrogen and oxygen atoms in total. The predicted octanol–water partition coefficient (Wildman–Crippen LogP) is 3.90. The number of furan rings is 1. The number of pyridine rings is 1. The summed E-state index contributed by atoms with van der Waals surface area (Å²) < 4.78 is 22.1. The van der Waals surface area contributed by atoms with Gasteiger partial charge in [-0.2, -0.15) is 0 Å². The molecule has 0 fully saturated rings. The zero-order valence-electron chi connectivity index (χ0n) is 15.8. The number of rotatable bonds is 9. The molecule has 0 aliphatic heterocycles. The number of ether oxygens (including phenoxy) is 3. The lowest BCUT2D eigenvalue weighted by atomic mass is 10.1. The highest BCUT2D eigenvalue weighted by atomic mass is 16.5. The number of hydrogen-bond acceptors (Lipinski definition) is 6. The topological polar surface area (TPSA) is 57.0 Å². The van der Waals surface area contributed by atoms with Crippen LogP contribution in [-0.2, 0) is 19.6 Å². The van der Waals surface area contributed by atoms with Crippen LogP contribution in [0.1, 0.15) is 16.9 Å². The first-order valence-corrected chi connectivity index (χ1v) is 8.66. The van der Waals surface area contributed by atoms with Crippen LogP contribution >= 0.6 is 0 Å². The zero-order chi connectivity index (χ0) is 19.1. The Morgan fingerprint density at radius 3 is 2.37 bits per heavy atom. The van der Waals surface area contributed by atoms with Crippen molar-refractivity contribution in [2.24, 2.45) is 0 Å². The van der Waals surface area contributed by atoms with Crippen LogP contribution in [0.2, 0.25) is 0 Å². The minimum atomic E-state index is 0.594. The van der Waals surface area contributed by atoms with E-state index in [9.17, 15) is 0 Å². The summed E-state index contributed by atoms with van der Waals surface area (Å²) in [6.45, 7) is 2.05. The van der Waals surface area contributed by atoms with Gasteiger partial charge in [-0.05, 0) is 29.8 Å². The third-order valence-corrected chi connectivity index (χ3v) is 4.27. The molecular weight excluding hydrogens is 344 g/mol. The summed E-state index contributed by atoms with van der Waals surface area (Å²) in [5, 5.41) is 0. The molecule has 0 unspecified atom stereocenters. The molecule has 0 aliphatic carbocycles. The fourth-order valence-electron chi connectivity index (χ4n) is 3.07. The van der Waals surface area contributed by atoms with Crippen molar-refractivity contribution in [3.05, 3.63) is 71.9 Å². The van der Waals surface area contributed by atoms with Crippen LogP contribution in [0, 0.1) is 0 Å². The Morgan fingerprint density at radius 2 is 1.74 bits per heavy atom. The van der Waals surface area contributed by atoms with Gasteiger partial charge in [0, 0.05) is 31.0 Å². The van der Waals surface area contributed by atoms with E-state index in [1.165, 1.54) is 0 Å². The molecule has 0 radical (unpaired) electrons. The van der Waals surface area contributed by atoms with Crippen molar-refractivity contribution >= 4 is 0 Å². The van der Waals surface area contributed by atoms with Crippen molar-refractivity contribution in [2.75, 3.05) is 21.3 Å². The molecule has 6 heteroatoms. The van der Waals surface area contributed by atoms with Gasteiger partial charge in [-0.25, -0.2) is 0 Å². The van der Waals surface area contributed by atoms with E-state index in [4.69, 9.17) is 18.6 Å². The molecule has 2 heterocycles. The lowest BCUT2D eigenvalue weighted by molar-refractivity contribution is 0.222. The van der Waals surface area contributed by atoms with E-state index in [1.807, 2.05) is 36.5 Å². The zero-order valence-corrected chi connectivity index (χ0v) is 15.8. The number of benzene rings is 1. The van der Waals surface area contributed by atoms with Gasteiger partial charge in [0.2, 0.25) is 5.75 Å². The highest BCUT2D eigenvalue weighted by Gasteiger charge is 2.19. The van der Waals surface area contributed by atoms with E-state index in [0.717, 1.165) is 23.4 Å². The fourth-order valence-corrected chi connectivity index (χ4v) is 3.07. The predicted molar refractivity (Wildman–Crippen MR) is 102 cm³/mol. The van der Waals surface area contributed by atoms with Crippen molar-refractivity contribution < 1.29 is 18.6 Å². The molecule has 1 aromatic carbocycles. The van der Waals surface area contributed by atoms with Crippen LogP contribution in [0.25, 0.3) is 0 Å². The van der Waals surface area contributed by atoms with Crippen molar-refractivity contribution in [1.82, 2.24) is 9.88 Å². The van der Waals surface area contributed by atoms with Crippen LogP contribution < -0.4 is 14.2 Å². The molecule has 0 saturated heterocycles. The second-order valence-corrected chi connectivity index (χ2v) is 6.08. The Hall–Kier alpha value is -2.99. The average Bonchev–Trinajstić information content (AvgIpc) is 3.21. The smallest absolute Gasteiger partial charge is 0.203 e. The van der Waals surface area contributed by atoms with Gasteiger partial charge in [0.25, 0.3) is 0 Å². The second-order valence-electron chi connectivity index (χ2n) is 6.08. The van der Waals surface area contributed by atoms with E-state index >= 15 is 0 Å². The van der Waals surface area contributed by atoms with Gasteiger partial charge in [-0.15, -0.1) is 0 Å². The highest BCUT2D eigenvalue weighted by Crippen LogP contribution is 2.40. The lowest BCUT2D eigenvalue weighted by Crippen LogP contribution is -2.22. The monoisotopic (exact) mass is 368 g/mol. The normalized spacial score (nSPS) is 10.8. The first kappa shape index (κ1) is 18.8. The summed E-state index contributed by atoms with van der Waals surface area (Å²) >= 11 is 0. The molecule has 3 aromatic rings. The number of aromatic nitrogens is 1. The molecule has 0 saturated carbocycles. The largest absolute Gasteiger partial charge is 0.493 e. The molecule has 2 aromatic heterocycles. The Kier molecular flexibility index (Phi) is 6.33. The van der Waals surface area contributed by atoms with Gasteiger partial charge in [0.15, 0.2) is 11.5 Å². The van der Waals surface area contributed by atoms with Gasteiger partial charge in [0.05, 0.1) is 34.1 Å². The molecule has 142 valence electrons. The SMILES string of the molecule is COc1ccc(CN(Cc2cccnc2)Cc2ccco2)c(OC)c1OC. The third kappa shape index (κ3) is 4.60. The maximum atomic E-state index is 5.63. The number of hydrogen-bond donors (Lipinski definition) is 0. The highest BCUT2D eigenvalue weighted by molar-refractivity contribution is 5.55. The fraction of sp³-hybridized carbons (Fsp3) is 0.286. The summed E-state index contributed by atoms with van der Waals surface area (Å²) in [7, 11) is 4.86. The average molecular weight is 368 g/mol. The molecule has 0 N–H and O–H groups in total. The van der Waals surface area contributed by atoms with E-state index in [2.05, 4.69) is 16.0 Å². The second kappa shape index (κ2) is 9.09. The maximum absolute atomic E-state index is 5.63. The summed E-state index contributed by atoms with van der Waals surface area (Å²) in [5.41, 5.74) is 2.13. The molecule has 27 heavy (non-hydrogen) atoms. The van der Waals surface area contributed by atoms with Crippen molar-refractivity contribution in [3.63, 3.8) is 0 Å². The van der Waals surface area contributed by atoms with Crippen LogP contribution in [-0.4, -0.2) is 31.2 Å². The molecule has 0 atom stereocenters. The van der Waals surface area contributed by atoms with Gasteiger partial charge >= 0.3 is 0 Å². The minimum absolute atomic E-state index is 0.594. The van der Waals surface area contributed by atoms with Gasteiger partial charge in [-0.3, -0.25) is 9.88 Å². The Labute approximate surface area is 159 Å². The first-order chi connectivity index (χ1) is 13.2. The molecule has 3 rings (SSSR count). The third-order valence-electron chi connectivity index (χ3n) is 4.27. The first-order valence-electron chi connectivity index (χ1n) is 8.66.